The highest BCUT2D eigenvalue weighted by Crippen LogP contribution is 2.40. The Morgan fingerprint density at radius 2 is 0.739 bits per heavy atom. The first-order valence-corrected chi connectivity index (χ1v) is 16.4. The zero-order valence-electron chi connectivity index (χ0n) is 25.1. The molecule has 4 amide bonds. The fourth-order valence-corrected chi connectivity index (χ4v) is 7.47. The van der Waals surface area contributed by atoms with Crippen molar-refractivity contribution in [1.29, 1.82) is 0 Å². The molecule has 0 radical (unpaired) electrons. The predicted molar refractivity (Wildman–Crippen MR) is 191 cm³/mol. The number of nitrogens with zero attached hydrogens (tertiary/aromatic N) is 4. The van der Waals surface area contributed by atoms with E-state index in [0.717, 1.165) is 41.8 Å². The summed E-state index contributed by atoms with van der Waals surface area (Å²) in [6.45, 7) is 0. The molecule has 46 heavy (non-hydrogen) atoms. The van der Waals surface area contributed by atoms with Crippen LogP contribution in [0.4, 0.5) is 0 Å². The van der Waals surface area contributed by atoms with Crippen molar-refractivity contribution in [2.75, 3.05) is 28.2 Å². The SMILES string of the molecule is CN1C(=O)C(=Cc2ccc(-c3ccc(-c4ccc(-c5ccc(C=C6C(=O)N(C)C(=S)N(C)C6=O)cc5)s4)s3)cc2)C(=O)N(C)C1=S. The van der Waals surface area contributed by atoms with Gasteiger partial charge in [-0.25, -0.2) is 0 Å². The fourth-order valence-electron chi connectivity index (χ4n) is 5.02. The number of hydrogen-bond donors (Lipinski definition) is 0. The third-order valence-corrected chi connectivity index (χ3v) is 11.3. The van der Waals surface area contributed by atoms with Gasteiger partial charge in [0.2, 0.25) is 0 Å². The van der Waals surface area contributed by atoms with Crippen LogP contribution in [0.3, 0.4) is 0 Å². The highest BCUT2D eigenvalue weighted by molar-refractivity contribution is 7.80. The van der Waals surface area contributed by atoms with Gasteiger partial charge in [0.25, 0.3) is 23.6 Å². The van der Waals surface area contributed by atoms with Gasteiger partial charge in [0.1, 0.15) is 11.1 Å². The summed E-state index contributed by atoms with van der Waals surface area (Å²) >= 11 is 13.7. The molecule has 2 aromatic carbocycles. The number of benzene rings is 2. The minimum atomic E-state index is -0.414. The zero-order chi connectivity index (χ0) is 32.9. The van der Waals surface area contributed by atoms with Gasteiger partial charge in [0, 0.05) is 47.7 Å². The molecular weight excluding hydrogens is 657 g/mol. The minimum Gasteiger partial charge on any atom is -0.288 e. The van der Waals surface area contributed by atoms with Crippen LogP contribution < -0.4 is 0 Å². The molecule has 0 atom stereocenters. The van der Waals surface area contributed by atoms with Crippen LogP contribution in [-0.4, -0.2) is 81.6 Å². The molecule has 8 nitrogen and oxygen atoms in total. The summed E-state index contributed by atoms with van der Waals surface area (Å²) in [6, 6.07) is 23.9. The lowest BCUT2D eigenvalue weighted by molar-refractivity contribution is -0.133. The summed E-state index contributed by atoms with van der Waals surface area (Å²) in [4.78, 5) is 60.3. The van der Waals surface area contributed by atoms with Crippen LogP contribution in [-0.2, 0) is 19.2 Å². The van der Waals surface area contributed by atoms with E-state index in [1.54, 1.807) is 63.0 Å². The Balaban J connectivity index is 1.16. The Bertz CT molecular complexity index is 1820. The number of likely N-dealkylation sites (N-methyl/N-ethyl adjacent to an activating group) is 4. The summed E-state index contributed by atoms with van der Waals surface area (Å²) in [5.74, 6) is -1.66. The molecule has 2 aliphatic heterocycles. The Morgan fingerprint density at radius 3 is 1.04 bits per heavy atom. The second kappa shape index (κ2) is 12.3. The van der Waals surface area contributed by atoms with E-state index in [-0.39, 0.29) is 21.4 Å². The fraction of sp³-hybridized carbons (Fsp3) is 0.118. The van der Waals surface area contributed by atoms with E-state index < -0.39 is 23.6 Å². The standard InChI is InChI=1S/C34H26N4O4S4/c1-35-29(39)23(30(40)36(2)33(35)43)17-19-5-9-21(10-6-19)25-13-15-27(45-25)28-16-14-26(46-28)22-11-7-20(8-12-22)18-24-31(41)37(3)34(44)38(4)32(24)42/h5-18H,1-4H3. The highest BCUT2D eigenvalue weighted by atomic mass is 32.1. The summed E-state index contributed by atoms with van der Waals surface area (Å²) in [7, 11) is 6.24. The van der Waals surface area contributed by atoms with Gasteiger partial charge in [-0.2, -0.15) is 0 Å². The molecular formula is C34H26N4O4S4. The second-order valence-corrected chi connectivity index (χ2v) is 13.6. The summed E-state index contributed by atoms with van der Waals surface area (Å²) in [6.07, 6.45) is 3.20. The highest BCUT2D eigenvalue weighted by Gasteiger charge is 2.36. The molecule has 0 spiro atoms. The van der Waals surface area contributed by atoms with E-state index >= 15 is 0 Å². The zero-order valence-corrected chi connectivity index (χ0v) is 28.4. The van der Waals surface area contributed by atoms with E-state index in [9.17, 15) is 19.2 Å². The van der Waals surface area contributed by atoms with E-state index in [4.69, 9.17) is 24.4 Å². The summed E-state index contributed by atoms with van der Waals surface area (Å²) in [5.41, 5.74) is 3.71. The van der Waals surface area contributed by atoms with Crippen LogP contribution in [0.2, 0.25) is 0 Å². The average molecular weight is 683 g/mol. The number of thiocarbonyl (C=S) groups is 2. The van der Waals surface area contributed by atoms with Gasteiger partial charge in [0.15, 0.2) is 10.2 Å². The van der Waals surface area contributed by atoms with Gasteiger partial charge in [-0.05, 0) is 83.1 Å². The Morgan fingerprint density at radius 1 is 0.457 bits per heavy atom. The first-order chi connectivity index (χ1) is 21.9. The molecule has 0 unspecified atom stereocenters. The Labute approximate surface area is 284 Å². The number of carbonyl (C=O) groups is 4. The summed E-state index contributed by atoms with van der Waals surface area (Å²) < 4.78 is 0. The first kappa shape index (κ1) is 31.4. The van der Waals surface area contributed by atoms with Gasteiger partial charge in [-0.1, -0.05) is 48.5 Å². The van der Waals surface area contributed by atoms with Crippen molar-refractivity contribution in [3.05, 3.63) is 95.1 Å². The lowest BCUT2D eigenvalue weighted by atomic mass is 10.1. The average Bonchev–Trinajstić information content (AvgIpc) is 3.77. The van der Waals surface area contributed by atoms with E-state index in [1.807, 2.05) is 48.5 Å². The predicted octanol–water partition coefficient (Wildman–Crippen LogP) is 6.01. The van der Waals surface area contributed by atoms with Crippen molar-refractivity contribution in [2.24, 2.45) is 0 Å². The lowest BCUT2D eigenvalue weighted by Crippen LogP contribution is -2.52. The molecule has 2 aliphatic rings. The largest absolute Gasteiger partial charge is 0.288 e. The molecule has 0 bridgehead atoms. The third-order valence-electron chi connectivity index (χ3n) is 7.76. The monoisotopic (exact) mass is 682 g/mol. The van der Waals surface area contributed by atoms with E-state index in [2.05, 4.69) is 24.3 Å². The number of amides is 4. The first-order valence-electron chi connectivity index (χ1n) is 14.0. The molecule has 0 N–H and O–H groups in total. The van der Waals surface area contributed by atoms with Crippen LogP contribution >= 0.6 is 47.1 Å². The molecule has 12 heteroatoms. The topological polar surface area (TPSA) is 81.2 Å². The number of hydrogen-bond acceptors (Lipinski definition) is 8. The number of rotatable bonds is 5. The van der Waals surface area contributed by atoms with E-state index in [0.29, 0.717) is 0 Å². The molecule has 2 fully saturated rings. The van der Waals surface area contributed by atoms with Crippen LogP contribution in [0.25, 0.3) is 42.8 Å². The minimum absolute atomic E-state index is 0.0742. The smallest absolute Gasteiger partial charge is 0.265 e. The molecule has 2 saturated heterocycles. The Kier molecular flexibility index (Phi) is 8.38. The van der Waals surface area contributed by atoms with Crippen LogP contribution in [0.5, 0.6) is 0 Å². The van der Waals surface area contributed by atoms with Crippen LogP contribution in [0.15, 0.2) is 83.9 Å². The van der Waals surface area contributed by atoms with Gasteiger partial charge >= 0.3 is 0 Å². The maximum absolute atomic E-state index is 12.6. The molecule has 0 saturated carbocycles. The lowest BCUT2D eigenvalue weighted by Gasteiger charge is -2.31. The second-order valence-electron chi connectivity index (χ2n) is 10.7. The molecule has 230 valence electrons. The number of thiophene rings is 2. The van der Waals surface area contributed by atoms with Crippen LogP contribution in [0.1, 0.15) is 11.1 Å². The van der Waals surface area contributed by atoms with Crippen molar-refractivity contribution in [2.45, 2.75) is 0 Å². The quantitative estimate of drug-likeness (QED) is 0.146. The van der Waals surface area contributed by atoms with Crippen molar-refractivity contribution in [3.63, 3.8) is 0 Å². The number of carbonyl (C=O) groups excluding carboxylic acids is 4. The van der Waals surface area contributed by atoms with Crippen molar-refractivity contribution in [1.82, 2.24) is 19.6 Å². The Hall–Kier alpha value is -4.62. The molecule has 6 rings (SSSR count). The molecule has 0 aliphatic carbocycles. The maximum Gasteiger partial charge on any atom is 0.265 e. The van der Waals surface area contributed by atoms with Crippen LogP contribution in [0, 0.1) is 0 Å². The molecule has 2 aromatic heterocycles. The summed E-state index contributed by atoms with van der Waals surface area (Å²) in [5, 5.41) is 0.361. The molecule has 4 heterocycles. The van der Waals surface area contributed by atoms with Gasteiger partial charge in [0.05, 0.1) is 0 Å². The van der Waals surface area contributed by atoms with Crippen molar-refractivity contribution in [3.8, 4) is 30.6 Å². The third kappa shape index (κ3) is 5.64. The molecule has 4 aromatic rings. The van der Waals surface area contributed by atoms with Gasteiger partial charge in [-0.3, -0.25) is 38.8 Å². The van der Waals surface area contributed by atoms with Gasteiger partial charge in [-0.15, -0.1) is 22.7 Å². The maximum atomic E-state index is 12.6. The van der Waals surface area contributed by atoms with Gasteiger partial charge < -0.3 is 0 Å². The van der Waals surface area contributed by atoms with Crippen molar-refractivity contribution < 1.29 is 19.2 Å². The van der Waals surface area contributed by atoms with E-state index in [1.165, 1.54) is 19.6 Å². The normalized spacial score (nSPS) is 15.8. The van der Waals surface area contributed by atoms with Crippen molar-refractivity contribution >= 4 is 93.1 Å².